The molecule has 2 aromatic heterocycles. The fourth-order valence-corrected chi connectivity index (χ4v) is 4.12. The van der Waals surface area contributed by atoms with Crippen LogP contribution in [-0.4, -0.2) is 19.6 Å². The van der Waals surface area contributed by atoms with E-state index in [2.05, 4.69) is 16.9 Å². The minimum atomic E-state index is -0.000305. The maximum absolute atomic E-state index is 12.3. The Hall–Kier alpha value is -2.69. The van der Waals surface area contributed by atoms with Crippen molar-refractivity contribution in [1.29, 1.82) is 0 Å². The quantitative estimate of drug-likeness (QED) is 0.746. The van der Waals surface area contributed by atoms with Crippen LogP contribution in [0.15, 0.2) is 48.0 Å². The Kier molecular flexibility index (Phi) is 2.54. The van der Waals surface area contributed by atoms with Crippen LogP contribution in [0.3, 0.4) is 0 Å². The molecule has 3 aliphatic rings. The molecule has 2 heterocycles. The van der Waals surface area contributed by atoms with Gasteiger partial charge in [0.2, 0.25) is 0 Å². The van der Waals surface area contributed by atoms with Gasteiger partial charge >= 0.3 is 0 Å². The molecule has 3 fully saturated rings. The average molecular weight is 318 g/mol. The topological polar surface area (TPSA) is 52.7 Å². The number of fused-ring (bicyclic) bond motifs is 1. The molecule has 0 radical (unpaired) electrons. The number of aromatic nitrogens is 4. The van der Waals surface area contributed by atoms with Crippen molar-refractivity contribution in [2.24, 2.45) is 13.0 Å². The molecule has 5 nitrogen and oxygen atoms in total. The number of benzene rings is 1. The van der Waals surface area contributed by atoms with Crippen molar-refractivity contribution >= 4 is 16.3 Å². The highest BCUT2D eigenvalue weighted by Crippen LogP contribution is 2.61. The molecule has 3 aliphatic carbocycles. The van der Waals surface area contributed by atoms with Gasteiger partial charge in [-0.15, -0.1) is 5.10 Å². The molecule has 6 rings (SSSR count). The summed E-state index contributed by atoms with van der Waals surface area (Å²) in [4.78, 5) is 12.3. The van der Waals surface area contributed by atoms with Gasteiger partial charge in [-0.3, -0.25) is 4.79 Å². The third-order valence-electron chi connectivity index (χ3n) is 5.74. The largest absolute Gasteiger partial charge is 0.318 e. The van der Waals surface area contributed by atoms with E-state index in [0.29, 0.717) is 5.39 Å². The van der Waals surface area contributed by atoms with E-state index in [1.54, 1.807) is 17.8 Å². The van der Waals surface area contributed by atoms with Crippen molar-refractivity contribution in [2.45, 2.75) is 24.8 Å². The van der Waals surface area contributed by atoms with Gasteiger partial charge in [0.25, 0.3) is 5.56 Å². The Labute approximate surface area is 139 Å². The summed E-state index contributed by atoms with van der Waals surface area (Å²) in [6.07, 6.45) is 7.49. The lowest BCUT2D eigenvalue weighted by Crippen LogP contribution is -2.59. The summed E-state index contributed by atoms with van der Waals surface area (Å²) in [5.74, 6) is 0.898. The first-order valence-electron chi connectivity index (χ1n) is 8.28. The number of rotatable bonds is 3. The smallest absolute Gasteiger partial charge is 0.258 e. The highest BCUT2D eigenvalue weighted by molar-refractivity contribution is 5.96. The molecular weight excluding hydrogens is 300 g/mol. The van der Waals surface area contributed by atoms with Gasteiger partial charge in [0.05, 0.1) is 11.7 Å². The Bertz CT molecular complexity index is 1040. The second-order valence-corrected chi connectivity index (χ2v) is 7.23. The first-order valence-corrected chi connectivity index (χ1v) is 8.28. The highest BCUT2D eigenvalue weighted by Gasteiger charge is 2.58. The van der Waals surface area contributed by atoms with E-state index in [-0.39, 0.29) is 11.1 Å². The normalized spacial score (nSPS) is 24.5. The zero-order valence-corrected chi connectivity index (χ0v) is 13.6. The van der Waals surface area contributed by atoms with E-state index < -0.39 is 0 Å². The van der Waals surface area contributed by atoms with Gasteiger partial charge in [0.1, 0.15) is 5.69 Å². The lowest BCUT2D eigenvalue weighted by molar-refractivity contribution is -0.0988. The molecule has 24 heavy (non-hydrogen) atoms. The molecule has 120 valence electrons. The molecule has 0 aliphatic heterocycles. The zero-order valence-electron chi connectivity index (χ0n) is 13.6. The Balaban J connectivity index is 1.59. The summed E-state index contributed by atoms with van der Waals surface area (Å²) in [5.41, 5.74) is 2.76. The molecule has 0 amide bonds. The SMILES string of the molecule is C=C(c1cn(C23CC(C2)C3)nn1)c1cccc2c(=O)n(C)ccc12. The van der Waals surface area contributed by atoms with Crippen molar-refractivity contribution in [1.82, 2.24) is 19.6 Å². The van der Waals surface area contributed by atoms with Crippen molar-refractivity contribution in [2.75, 3.05) is 0 Å². The van der Waals surface area contributed by atoms with E-state index in [0.717, 1.165) is 28.1 Å². The molecule has 0 N–H and O–H groups in total. The highest BCUT2D eigenvalue weighted by atomic mass is 16.1. The summed E-state index contributed by atoms with van der Waals surface area (Å²) in [5, 5.41) is 10.3. The molecule has 3 saturated carbocycles. The van der Waals surface area contributed by atoms with E-state index in [1.807, 2.05) is 35.1 Å². The molecule has 1 aromatic carbocycles. The van der Waals surface area contributed by atoms with Gasteiger partial charge in [-0.1, -0.05) is 23.9 Å². The zero-order chi connectivity index (χ0) is 16.5. The van der Waals surface area contributed by atoms with Gasteiger partial charge < -0.3 is 4.57 Å². The van der Waals surface area contributed by atoms with E-state index in [4.69, 9.17) is 0 Å². The fraction of sp³-hybridized carbons (Fsp3) is 0.316. The number of hydrogen-bond acceptors (Lipinski definition) is 3. The van der Waals surface area contributed by atoms with Crippen molar-refractivity contribution in [3.05, 3.63) is 64.8 Å². The Morgan fingerprint density at radius 1 is 1.25 bits per heavy atom. The predicted molar refractivity (Wildman–Crippen MR) is 92.7 cm³/mol. The summed E-state index contributed by atoms with van der Waals surface area (Å²) in [7, 11) is 1.76. The van der Waals surface area contributed by atoms with Gasteiger partial charge in [0, 0.05) is 24.2 Å². The summed E-state index contributed by atoms with van der Waals surface area (Å²) in [6.45, 7) is 4.22. The lowest BCUT2D eigenvalue weighted by Gasteiger charge is -2.61. The minimum Gasteiger partial charge on any atom is -0.318 e. The standard InChI is InChI=1S/C19H18N4O/c1-12(17-11-23(21-20-17)19-8-13(9-19)10-19)14-4-3-5-16-15(14)6-7-22(2)18(16)24/h3-7,11,13H,1,8-10H2,2H3. The summed E-state index contributed by atoms with van der Waals surface area (Å²) < 4.78 is 3.62. The van der Waals surface area contributed by atoms with Crippen LogP contribution in [-0.2, 0) is 12.6 Å². The molecule has 0 saturated heterocycles. The molecule has 0 spiro atoms. The minimum absolute atomic E-state index is 0.000305. The molecular formula is C19H18N4O. The van der Waals surface area contributed by atoms with Crippen LogP contribution in [0.5, 0.6) is 0 Å². The molecule has 0 unspecified atom stereocenters. The molecule has 5 heteroatoms. The van der Waals surface area contributed by atoms with E-state index in [9.17, 15) is 4.79 Å². The van der Waals surface area contributed by atoms with Crippen LogP contribution < -0.4 is 5.56 Å². The van der Waals surface area contributed by atoms with Crippen molar-refractivity contribution in [3.63, 3.8) is 0 Å². The maximum atomic E-state index is 12.3. The van der Waals surface area contributed by atoms with Crippen LogP contribution in [0, 0.1) is 5.92 Å². The number of nitrogens with zero attached hydrogens (tertiary/aromatic N) is 4. The fourth-order valence-electron chi connectivity index (χ4n) is 4.12. The lowest BCUT2D eigenvalue weighted by atomic mass is 9.50. The summed E-state index contributed by atoms with van der Waals surface area (Å²) in [6, 6.07) is 7.70. The molecule has 3 aromatic rings. The van der Waals surface area contributed by atoms with Crippen LogP contribution in [0.4, 0.5) is 0 Å². The van der Waals surface area contributed by atoms with Gasteiger partial charge in [0.15, 0.2) is 0 Å². The Morgan fingerprint density at radius 2 is 2.04 bits per heavy atom. The number of aryl methyl sites for hydroxylation is 1. The third kappa shape index (κ3) is 1.67. The first-order chi connectivity index (χ1) is 11.6. The van der Waals surface area contributed by atoms with Crippen LogP contribution in [0.2, 0.25) is 0 Å². The van der Waals surface area contributed by atoms with Gasteiger partial charge in [-0.25, -0.2) is 4.68 Å². The van der Waals surface area contributed by atoms with Crippen molar-refractivity contribution < 1.29 is 0 Å². The predicted octanol–water partition coefficient (Wildman–Crippen LogP) is 2.70. The second kappa shape index (κ2) is 4.44. The second-order valence-electron chi connectivity index (χ2n) is 7.23. The maximum Gasteiger partial charge on any atom is 0.258 e. The molecule has 2 bridgehead atoms. The van der Waals surface area contributed by atoms with Gasteiger partial charge in [-0.05, 0) is 48.3 Å². The third-order valence-corrected chi connectivity index (χ3v) is 5.74. The first kappa shape index (κ1) is 13.7. The number of pyridine rings is 1. The van der Waals surface area contributed by atoms with Crippen LogP contribution >= 0.6 is 0 Å². The van der Waals surface area contributed by atoms with Crippen LogP contribution in [0.1, 0.15) is 30.5 Å². The summed E-state index contributed by atoms with van der Waals surface area (Å²) >= 11 is 0. The van der Waals surface area contributed by atoms with Crippen molar-refractivity contribution in [3.8, 4) is 0 Å². The number of hydrogen-bond donors (Lipinski definition) is 0. The van der Waals surface area contributed by atoms with Gasteiger partial charge in [-0.2, -0.15) is 0 Å². The monoisotopic (exact) mass is 318 g/mol. The van der Waals surface area contributed by atoms with Crippen LogP contribution in [0.25, 0.3) is 16.3 Å². The average Bonchev–Trinajstić information content (AvgIpc) is 2.96. The van der Waals surface area contributed by atoms with E-state index >= 15 is 0 Å². The Morgan fingerprint density at radius 3 is 2.75 bits per heavy atom. The molecule has 0 atom stereocenters. The van der Waals surface area contributed by atoms with E-state index in [1.165, 1.54) is 19.3 Å².